The zero-order valence-electron chi connectivity index (χ0n) is 13.3. The number of rotatable bonds is 8. The molecule has 24 heavy (non-hydrogen) atoms. The van der Waals surface area contributed by atoms with Gasteiger partial charge in [0.25, 0.3) is 5.91 Å². The second-order valence-corrected chi connectivity index (χ2v) is 7.11. The van der Waals surface area contributed by atoms with Crippen LogP contribution >= 0.6 is 35.0 Å². The summed E-state index contributed by atoms with van der Waals surface area (Å²) in [6, 6.07) is 14.9. The predicted octanol–water partition coefficient (Wildman–Crippen LogP) is 4.81. The Morgan fingerprint density at radius 3 is 2.75 bits per heavy atom. The van der Waals surface area contributed by atoms with Crippen LogP contribution in [-0.2, 0) is 10.5 Å². The summed E-state index contributed by atoms with van der Waals surface area (Å²) < 4.78 is 5.58. The van der Waals surface area contributed by atoms with Gasteiger partial charge in [0.05, 0.1) is 5.02 Å². The van der Waals surface area contributed by atoms with E-state index in [9.17, 15) is 4.79 Å². The maximum atomic E-state index is 12.0. The number of carbonyl (C=O) groups excluding carboxylic acids is 1. The van der Waals surface area contributed by atoms with E-state index in [1.54, 1.807) is 30.8 Å². The Labute approximate surface area is 156 Å². The largest absolute Gasteiger partial charge is 0.479 e. The Kier molecular flexibility index (Phi) is 7.76. The van der Waals surface area contributed by atoms with Gasteiger partial charge in [0.15, 0.2) is 6.10 Å². The van der Waals surface area contributed by atoms with E-state index in [1.165, 1.54) is 5.56 Å². The normalized spacial score (nSPS) is 11.8. The van der Waals surface area contributed by atoms with Crippen LogP contribution in [0.5, 0.6) is 5.75 Å². The van der Waals surface area contributed by atoms with Gasteiger partial charge >= 0.3 is 0 Å². The van der Waals surface area contributed by atoms with Gasteiger partial charge in [-0.3, -0.25) is 4.79 Å². The molecule has 1 atom stereocenters. The van der Waals surface area contributed by atoms with Crippen LogP contribution in [0.15, 0.2) is 48.5 Å². The van der Waals surface area contributed by atoms with Crippen molar-refractivity contribution in [2.75, 3.05) is 12.3 Å². The summed E-state index contributed by atoms with van der Waals surface area (Å²) in [5.41, 5.74) is 1.18. The van der Waals surface area contributed by atoms with Crippen molar-refractivity contribution in [3.8, 4) is 5.75 Å². The van der Waals surface area contributed by atoms with Crippen molar-refractivity contribution in [2.24, 2.45) is 0 Å². The van der Waals surface area contributed by atoms with Gasteiger partial charge in [0.2, 0.25) is 0 Å². The highest BCUT2D eigenvalue weighted by Gasteiger charge is 2.15. The minimum absolute atomic E-state index is 0.154. The van der Waals surface area contributed by atoms with Crippen molar-refractivity contribution in [3.05, 3.63) is 64.1 Å². The quantitative estimate of drug-likeness (QED) is 0.664. The van der Waals surface area contributed by atoms with E-state index >= 15 is 0 Å². The molecule has 3 nitrogen and oxygen atoms in total. The maximum absolute atomic E-state index is 12.0. The molecule has 0 heterocycles. The molecule has 1 N–H and O–H groups in total. The Morgan fingerprint density at radius 1 is 1.21 bits per heavy atom. The van der Waals surface area contributed by atoms with Crippen LogP contribution in [0.2, 0.25) is 10.0 Å². The molecule has 1 amide bonds. The third-order valence-electron chi connectivity index (χ3n) is 3.21. The van der Waals surface area contributed by atoms with Crippen LogP contribution < -0.4 is 10.1 Å². The Hall–Kier alpha value is -1.36. The zero-order valence-corrected chi connectivity index (χ0v) is 15.6. The summed E-state index contributed by atoms with van der Waals surface area (Å²) in [7, 11) is 0. The average Bonchev–Trinajstić information content (AvgIpc) is 2.56. The Morgan fingerprint density at radius 2 is 2.00 bits per heavy atom. The first kappa shape index (κ1) is 19.0. The number of hydrogen-bond acceptors (Lipinski definition) is 3. The number of carbonyl (C=O) groups is 1. The average molecular weight is 384 g/mol. The lowest BCUT2D eigenvalue weighted by molar-refractivity contribution is -0.127. The second kappa shape index (κ2) is 9.82. The van der Waals surface area contributed by atoms with E-state index < -0.39 is 6.10 Å². The number of ether oxygens (including phenoxy) is 1. The Bertz CT molecular complexity index is 682. The van der Waals surface area contributed by atoms with Crippen LogP contribution in [0.25, 0.3) is 0 Å². The molecule has 0 fully saturated rings. The number of para-hydroxylation sites is 1. The topological polar surface area (TPSA) is 38.3 Å². The smallest absolute Gasteiger partial charge is 0.260 e. The first-order chi connectivity index (χ1) is 11.6. The van der Waals surface area contributed by atoms with Crippen molar-refractivity contribution < 1.29 is 9.53 Å². The van der Waals surface area contributed by atoms with Crippen LogP contribution in [-0.4, -0.2) is 24.3 Å². The number of amides is 1. The van der Waals surface area contributed by atoms with Gasteiger partial charge in [-0.25, -0.2) is 0 Å². The molecule has 0 unspecified atom stereocenters. The molecule has 6 heteroatoms. The molecule has 0 saturated carbocycles. The molecule has 128 valence electrons. The molecule has 0 radical (unpaired) electrons. The van der Waals surface area contributed by atoms with E-state index in [4.69, 9.17) is 27.9 Å². The van der Waals surface area contributed by atoms with E-state index in [-0.39, 0.29) is 5.91 Å². The lowest BCUT2D eigenvalue weighted by Gasteiger charge is -2.15. The SMILES string of the molecule is C[C@@H](Oc1ccccc1Cl)C(=O)NCCSCc1cccc(Cl)c1. The third-order valence-corrected chi connectivity index (χ3v) is 4.79. The summed E-state index contributed by atoms with van der Waals surface area (Å²) in [5.74, 6) is 2.04. The summed E-state index contributed by atoms with van der Waals surface area (Å²) in [4.78, 5) is 12.0. The lowest BCUT2D eigenvalue weighted by Crippen LogP contribution is -2.37. The molecular weight excluding hydrogens is 365 g/mol. The zero-order chi connectivity index (χ0) is 17.4. The molecule has 2 aromatic carbocycles. The van der Waals surface area contributed by atoms with Crippen molar-refractivity contribution >= 4 is 40.9 Å². The highest BCUT2D eigenvalue weighted by Crippen LogP contribution is 2.24. The number of benzene rings is 2. The van der Waals surface area contributed by atoms with Crippen molar-refractivity contribution in [1.82, 2.24) is 5.32 Å². The number of nitrogens with one attached hydrogen (secondary N) is 1. The van der Waals surface area contributed by atoms with E-state index in [0.717, 1.165) is 16.5 Å². The molecule has 0 aliphatic carbocycles. The van der Waals surface area contributed by atoms with Gasteiger partial charge in [-0.15, -0.1) is 0 Å². The van der Waals surface area contributed by atoms with Crippen LogP contribution in [0.3, 0.4) is 0 Å². The summed E-state index contributed by atoms with van der Waals surface area (Å²) in [5, 5.41) is 4.10. The van der Waals surface area contributed by atoms with Crippen LogP contribution in [0.4, 0.5) is 0 Å². The molecule has 0 aliphatic rings. The monoisotopic (exact) mass is 383 g/mol. The standard InChI is InChI=1S/C18H19Cl2NO2S/c1-13(23-17-8-3-2-7-16(17)20)18(22)21-9-10-24-12-14-5-4-6-15(19)11-14/h2-8,11,13H,9-10,12H2,1H3,(H,21,22)/t13-/m1/s1. The predicted molar refractivity (Wildman–Crippen MR) is 102 cm³/mol. The molecule has 0 aromatic heterocycles. The lowest BCUT2D eigenvalue weighted by atomic mass is 10.2. The fourth-order valence-corrected chi connectivity index (χ4v) is 3.19. The van der Waals surface area contributed by atoms with Gasteiger partial charge in [-0.05, 0) is 36.8 Å². The number of thioether (sulfide) groups is 1. The fraction of sp³-hybridized carbons (Fsp3) is 0.278. The minimum atomic E-state index is -0.595. The molecule has 0 aliphatic heterocycles. The summed E-state index contributed by atoms with van der Waals surface area (Å²) >= 11 is 13.7. The number of halogens is 2. The van der Waals surface area contributed by atoms with E-state index in [0.29, 0.717) is 17.3 Å². The van der Waals surface area contributed by atoms with Crippen LogP contribution in [0, 0.1) is 0 Å². The van der Waals surface area contributed by atoms with E-state index in [2.05, 4.69) is 5.32 Å². The van der Waals surface area contributed by atoms with Gasteiger partial charge < -0.3 is 10.1 Å². The van der Waals surface area contributed by atoms with Crippen LogP contribution in [0.1, 0.15) is 12.5 Å². The van der Waals surface area contributed by atoms with Gasteiger partial charge in [0.1, 0.15) is 5.75 Å². The van der Waals surface area contributed by atoms with Crippen molar-refractivity contribution in [3.63, 3.8) is 0 Å². The highest BCUT2D eigenvalue weighted by molar-refractivity contribution is 7.98. The van der Waals surface area contributed by atoms with Crippen molar-refractivity contribution in [2.45, 2.75) is 18.8 Å². The molecule has 2 aromatic rings. The maximum Gasteiger partial charge on any atom is 0.260 e. The number of hydrogen-bond donors (Lipinski definition) is 1. The molecule has 2 rings (SSSR count). The first-order valence-electron chi connectivity index (χ1n) is 7.57. The van der Waals surface area contributed by atoms with E-state index in [1.807, 2.05) is 36.4 Å². The van der Waals surface area contributed by atoms with Crippen molar-refractivity contribution in [1.29, 1.82) is 0 Å². The van der Waals surface area contributed by atoms with Gasteiger partial charge in [-0.2, -0.15) is 11.8 Å². The molecule has 0 spiro atoms. The molecular formula is C18H19Cl2NO2S. The first-order valence-corrected chi connectivity index (χ1v) is 9.48. The minimum Gasteiger partial charge on any atom is -0.479 e. The summed E-state index contributed by atoms with van der Waals surface area (Å²) in [6.07, 6.45) is -0.595. The third kappa shape index (κ3) is 6.27. The summed E-state index contributed by atoms with van der Waals surface area (Å²) in [6.45, 7) is 2.29. The Balaban J connectivity index is 1.66. The molecule has 0 bridgehead atoms. The highest BCUT2D eigenvalue weighted by atomic mass is 35.5. The fourth-order valence-electron chi connectivity index (χ4n) is 1.99. The van der Waals surface area contributed by atoms with Gasteiger partial charge in [-0.1, -0.05) is 47.5 Å². The van der Waals surface area contributed by atoms with Gasteiger partial charge in [0, 0.05) is 23.1 Å². The second-order valence-electron chi connectivity index (χ2n) is 5.16. The molecule has 0 saturated heterocycles.